The van der Waals surface area contributed by atoms with E-state index in [4.69, 9.17) is 9.47 Å². The Balaban J connectivity index is 2.30. The van der Waals surface area contributed by atoms with Gasteiger partial charge < -0.3 is 19.9 Å². The molecule has 2 N–H and O–H groups in total. The average Bonchev–Trinajstić information content (AvgIpc) is 2.48. The molecule has 0 spiro atoms. The summed E-state index contributed by atoms with van der Waals surface area (Å²) in [5, 5.41) is 13.1. The lowest BCUT2D eigenvalue weighted by molar-refractivity contribution is -0.147. The Morgan fingerprint density at radius 1 is 1.35 bits per heavy atom. The quantitative estimate of drug-likeness (QED) is 0.784. The molecule has 1 heterocycles. The first-order valence-corrected chi connectivity index (χ1v) is 6.57. The van der Waals surface area contributed by atoms with Gasteiger partial charge in [-0.1, -0.05) is 6.07 Å². The first-order chi connectivity index (χ1) is 9.67. The molecule has 0 aromatic heterocycles. The van der Waals surface area contributed by atoms with Crippen molar-refractivity contribution in [3.8, 4) is 11.5 Å². The molecule has 1 aliphatic rings. The Kier molecular flexibility index (Phi) is 4.81. The van der Waals surface area contributed by atoms with E-state index in [1.165, 1.54) is 14.2 Å². The second-order valence-electron chi connectivity index (χ2n) is 4.64. The molecule has 0 radical (unpaired) electrons. The fraction of sp³-hybridized carbons (Fsp3) is 0.500. The number of rotatable bonds is 4. The molecule has 1 atom stereocenters. The summed E-state index contributed by atoms with van der Waals surface area (Å²) in [6, 6.07) is 4.49. The van der Waals surface area contributed by atoms with Gasteiger partial charge in [-0.2, -0.15) is 0 Å². The zero-order valence-corrected chi connectivity index (χ0v) is 11.8. The third kappa shape index (κ3) is 3.02. The van der Waals surface area contributed by atoms with Gasteiger partial charge in [-0.25, -0.2) is 4.79 Å². The highest BCUT2D eigenvalue weighted by Gasteiger charge is 2.30. The molecule has 1 saturated heterocycles. The first kappa shape index (κ1) is 14.6. The number of phenols is 1. The number of phenolic OH excluding ortho intramolecular Hbond substituents is 1. The van der Waals surface area contributed by atoms with E-state index in [0.29, 0.717) is 11.3 Å². The topological polar surface area (TPSA) is 71.0 Å². The standard InChI is InChI=1S/C14H20N2O4/c1-19-12-4-3-10(9-11(12)17)13(14(18)20-2)16-7-5-15-6-8-16/h3-4,9,13,15,17H,5-8H2,1-2H3. The monoisotopic (exact) mass is 280 g/mol. The third-order valence-corrected chi connectivity index (χ3v) is 3.46. The zero-order chi connectivity index (χ0) is 14.5. The molecule has 1 unspecified atom stereocenters. The number of aromatic hydroxyl groups is 1. The van der Waals surface area contributed by atoms with Crippen molar-refractivity contribution in [3.63, 3.8) is 0 Å². The number of esters is 1. The lowest BCUT2D eigenvalue weighted by atomic mass is 10.0. The van der Waals surface area contributed by atoms with Crippen LogP contribution in [-0.4, -0.2) is 56.4 Å². The summed E-state index contributed by atoms with van der Waals surface area (Å²) in [6.45, 7) is 3.17. The van der Waals surface area contributed by atoms with Crippen LogP contribution in [0.2, 0.25) is 0 Å². The Labute approximate surface area is 118 Å². The van der Waals surface area contributed by atoms with Gasteiger partial charge in [0.05, 0.1) is 14.2 Å². The number of nitrogens with one attached hydrogen (secondary N) is 1. The molecule has 1 aliphatic heterocycles. The maximum atomic E-state index is 12.1. The first-order valence-electron chi connectivity index (χ1n) is 6.57. The van der Waals surface area contributed by atoms with Crippen molar-refractivity contribution >= 4 is 5.97 Å². The summed E-state index contributed by atoms with van der Waals surface area (Å²) in [6.07, 6.45) is 0. The fourth-order valence-corrected chi connectivity index (χ4v) is 2.43. The molecule has 6 nitrogen and oxygen atoms in total. The summed E-state index contributed by atoms with van der Waals surface area (Å²) >= 11 is 0. The predicted octanol–water partition coefficient (Wildman–Crippen LogP) is 0.520. The van der Waals surface area contributed by atoms with Crippen LogP contribution in [-0.2, 0) is 9.53 Å². The van der Waals surface area contributed by atoms with E-state index in [-0.39, 0.29) is 11.7 Å². The average molecular weight is 280 g/mol. The summed E-state index contributed by atoms with van der Waals surface area (Å²) in [5.41, 5.74) is 0.706. The van der Waals surface area contributed by atoms with Gasteiger partial charge in [0.15, 0.2) is 11.5 Å². The maximum Gasteiger partial charge on any atom is 0.327 e. The van der Waals surface area contributed by atoms with Gasteiger partial charge in [-0.15, -0.1) is 0 Å². The molecule has 0 amide bonds. The lowest BCUT2D eigenvalue weighted by Gasteiger charge is -2.33. The molecule has 0 aliphatic carbocycles. The van der Waals surface area contributed by atoms with E-state index in [0.717, 1.165) is 26.2 Å². The van der Waals surface area contributed by atoms with Crippen molar-refractivity contribution in [1.29, 1.82) is 0 Å². The molecule has 0 saturated carbocycles. The lowest BCUT2D eigenvalue weighted by Crippen LogP contribution is -2.47. The number of benzene rings is 1. The molecular weight excluding hydrogens is 260 g/mol. The summed E-state index contributed by atoms with van der Waals surface area (Å²) in [4.78, 5) is 14.1. The SMILES string of the molecule is COC(=O)C(c1ccc(OC)c(O)c1)N1CCNCC1. The highest BCUT2D eigenvalue weighted by molar-refractivity contribution is 5.78. The number of ether oxygens (including phenoxy) is 2. The second-order valence-corrected chi connectivity index (χ2v) is 4.64. The number of carbonyl (C=O) groups excluding carboxylic acids is 1. The Morgan fingerprint density at radius 2 is 2.05 bits per heavy atom. The van der Waals surface area contributed by atoms with E-state index >= 15 is 0 Å². The Morgan fingerprint density at radius 3 is 2.60 bits per heavy atom. The minimum absolute atomic E-state index is 0.0223. The van der Waals surface area contributed by atoms with E-state index in [1.54, 1.807) is 18.2 Å². The van der Waals surface area contributed by atoms with Gasteiger partial charge in [0.1, 0.15) is 6.04 Å². The molecule has 2 rings (SSSR count). The predicted molar refractivity (Wildman–Crippen MR) is 73.9 cm³/mol. The van der Waals surface area contributed by atoms with E-state index in [2.05, 4.69) is 5.32 Å². The highest BCUT2D eigenvalue weighted by atomic mass is 16.5. The molecule has 6 heteroatoms. The van der Waals surface area contributed by atoms with E-state index in [1.807, 2.05) is 4.90 Å². The highest BCUT2D eigenvalue weighted by Crippen LogP contribution is 2.31. The van der Waals surface area contributed by atoms with Crippen molar-refractivity contribution in [2.45, 2.75) is 6.04 Å². The van der Waals surface area contributed by atoms with Crippen molar-refractivity contribution in [3.05, 3.63) is 23.8 Å². The molecule has 110 valence electrons. The number of hydrogen-bond donors (Lipinski definition) is 2. The normalized spacial score (nSPS) is 17.5. The van der Waals surface area contributed by atoms with Crippen LogP contribution in [0.4, 0.5) is 0 Å². The number of methoxy groups -OCH3 is 2. The maximum absolute atomic E-state index is 12.1. The van der Waals surface area contributed by atoms with Gasteiger partial charge >= 0.3 is 5.97 Å². The zero-order valence-electron chi connectivity index (χ0n) is 11.8. The number of hydrogen-bond acceptors (Lipinski definition) is 6. The molecule has 1 fully saturated rings. The van der Waals surface area contributed by atoms with Gasteiger partial charge in [0, 0.05) is 26.2 Å². The van der Waals surface area contributed by atoms with Crippen LogP contribution in [0.1, 0.15) is 11.6 Å². The third-order valence-electron chi connectivity index (χ3n) is 3.46. The minimum atomic E-state index is -0.501. The minimum Gasteiger partial charge on any atom is -0.504 e. The summed E-state index contributed by atoms with van der Waals surface area (Å²) in [7, 11) is 2.86. The number of nitrogens with zero attached hydrogens (tertiary/aromatic N) is 1. The van der Waals surface area contributed by atoms with Gasteiger partial charge in [0.2, 0.25) is 0 Å². The van der Waals surface area contributed by atoms with Gasteiger partial charge in [-0.3, -0.25) is 4.90 Å². The van der Waals surface area contributed by atoms with Crippen molar-refractivity contribution in [1.82, 2.24) is 10.2 Å². The van der Waals surface area contributed by atoms with Crippen molar-refractivity contribution in [2.24, 2.45) is 0 Å². The van der Waals surface area contributed by atoms with E-state index < -0.39 is 6.04 Å². The van der Waals surface area contributed by atoms with Crippen LogP contribution in [0.15, 0.2) is 18.2 Å². The van der Waals surface area contributed by atoms with Crippen molar-refractivity contribution in [2.75, 3.05) is 40.4 Å². The van der Waals surface area contributed by atoms with Gasteiger partial charge in [-0.05, 0) is 17.7 Å². The second kappa shape index (κ2) is 6.58. The smallest absolute Gasteiger partial charge is 0.327 e. The Bertz CT molecular complexity index is 472. The van der Waals surface area contributed by atoms with Crippen LogP contribution < -0.4 is 10.1 Å². The van der Waals surface area contributed by atoms with Gasteiger partial charge in [0.25, 0.3) is 0 Å². The molecule has 1 aromatic rings. The molecule has 0 bridgehead atoms. The van der Waals surface area contributed by atoms with Crippen LogP contribution >= 0.6 is 0 Å². The van der Waals surface area contributed by atoms with Crippen LogP contribution in [0, 0.1) is 0 Å². The Hall–Kier alpha value is -1.79. The van der Waals surface area contributed by atoms with Crippen LogP contribution in [0.25, 0.3) is 0 Å². The van der Waals surface area contributed by atoms with Crippen LogP contribution in [0.3, 0.4) is 0 Å². The number of piperazine rings is 1. The molecular formula is C14H20N2O4. The summed E-state index contributed by atoms with van der Waals surface area (Å²) < 4.78 is 9.92. The number of carbonyl (C=O) groups is 1. The fourth-order valence-electron chi connectivity index (χ4n) is 2.43. The van der Waals surface area contributed by atoms with Crippen LogP contribution in [0.5, 0.6) is 11.5 Å². The largest absolute Gasteiger partial charge is 0.504 e. The summed E-state index contributed by atoms with van der Waals surface area (Å²) in [5.74, 6) is 0.0863. The van der Waals surface area contributed by atoms with E-state index in [9.17, 15) is 9.90 Å². The molecule has 1 aromatic carbocycles. The molecule has 20 heavy (non-hydrogen) atoms. The van der Waals surface area contributed by atoms with Crippen molar-refractivity contribution < 1.29 is 19.4 Å².